The van der Waals surface area contributed by atoms with Crippen molar-refractivity contribution in [2.24, 2.45) is 0 Å². The molecule has 0 spiro atoms. The van der Waals surface area contributed by atoms with Gasteiger partial charge in [-0.15, -0.1) is 11.3 Å². The minimum atomic E-state index is -1.42. The van der Waals surface area contributed by atoms with Crippen LogP contribution in [0.3, 0.4) is 0 Å². The van der Waals surface area contributed by atoms with Crippen LogP contribution in [0, 0.1) is 0 Å². The fraction of sp³-hybridized carbons (Fsp3) is 0.450. The van der Waals surface area contributed by atoms with Crippen molar-refractivity contribution in [2.45, 2.75) is 50.8 Å². The van der Waals surface area contributed by atoms with Crippen molar-refractivity contribution < 1.29 is 25.2 Å². The lowest BCUT2D eigenvalue weighted by molar-refractivity contribution is -0.231. The maximum Gasteiger partial charge on any atom is 0.113 e. The Morgan fingerprint density at radius 1 is 1.25 bits per heavy atom. The number of allylic oxidation sites excluding steroid dienone is 2. The van der Waals surface area contributed by atoms with Crippen LogP contribution in [0.2, 0.25) is 5.02 Å². The monoisotopic (exact) mass is 425 g/mol. The van der Waals surface area contributed by atoms with Crippen molar-refractivity contribution in [2.75, 3.05) is 6.61 Å². The fourth-order valence-electron chi connectivity index (χ4n) is 3.16. The van der Waals surface area contributed by atoms with Gasteiger partial charge in [0.2, 0.25) is 0 Å². The molecule has 0 saturated carbocycles. The lowest BCUT2D eigenvalue weighted by Gasteiger charge is -2.40. The SMILES string of the molecule is C/C=C(/C)c1cnc(Cc2cc([C@@H]3O[C@H](CO)[C@@H](O)[C@H](O)[C@H]3O)ccc2Cl)s1. The normalized spacial score (nSPS) is 28.5. The molecular formula is C20H24ClNO5S. The van der Waals surface area contributed by atoms with Gasteiger partial charge in [-0.05, 0) is 36.6 Å². The van der Waals surface area contributed by atoms with Gasteiger partial charge in [0, 0.05) is 22.5 Å². The first-order valence-electron chi connectivity index (χ1n) is 9.02. The molecule has 1 aliphatic rings. The number of aromatic nitrogens is 1. The van der Waals surface area contributed by atoms with Crippen LogP contribution < -0.4 is 0 Å². The van der Waals surface area contributed by atoms with Crippen molar-refractivity contribution in [1.29, 1.82) is 0 Å². The van der Waals surface area contributed by atoms with E-state index in [1.165, 1.54) is 0 Å². The summed E-state index contributed by atoms with van der Waals surface area (Å²) in [6, 6.07) is 5.22. The Morgan fingerprint density at radius 3 is 2.68 bits per heavy atom. The summed E-state index contributed by atoms with van der Waals surface area (Å²) in [5.74, 6) is 0. The number of rotatable bonds is 5. The van der Waals surface area contributed by atoms with Crippen molar-refractivity contribution in [1.82, 2.24) is 4.98 Å². The minimum absolute atomic E-state index is 0.464. The molecule has 0 radical (unpaired) electrons. The number of nitrogens with zero attached hydrogens (tertiary/aromatic N) is 1. The highest BCUT2D eigenvalue weighted by atomic mass is 35.5. The Morgan fingerprint density at radius 2 is 2.00 bits per heavy atom. The standard InChI is InChI=1S/C20H24ClNO5S/c1-3-10(2)15-8-22-16(28-15)7-12-6-11(4-5-13(12)21)20-19(26)18(25)17(24)14(9-23)27-20/h3-6,8,14,17-20,23-26H,7,9H2,1-2H3/b10-3-/t14-,17-,18+,19-,20+/m1/s1. The summed E-state index contributed by atoms with van der Waals surface area (Å²) in [4.78, 5) is 5.55. The van der Waals surface area contributed by atoms with Crippen LogP contribution in [-0.2, 0) is 11.2 Å². The van der Waals surface area contributed by atoms with Crippen LogP contribution in [0.25, 0.3) is 5.57 Å². The maximum absolute atomic E-state index is 10.3. The van der Waals surface area contributed by atoms with Crippen molar-refractivity contribution in [3.8, 4) is 0 Å². The number of benzene rings is 1. The molecule has 0 aliphatic carbocycles. The van der Waals surface area contributed by atoms with Crippen LogP contribution in [-0.4, -0.2) is 56.4 Å². The van der Waals surface area contributed by atoms with Gasteiger partial charge >= 0.3 is 0 Å². The van der Waals surface area contributed by atoms with Gasteiger partial charge < -0.3 is 25.2 Å². The molecular weight excluding hydrogens is 402 g/mol. The summed E-state index contributed by atoms with van der Waals surface area (Å²) in [7, 11) is 0. The van der Waals surface area contributed by atoms with E-state index >= 15 is 0 Å². The molecule has 0 amide bonds. The lowest BCUT2D eigenvalue weighted by Crippen LogP contribution is -2.55. The van der Waals surface area contributed by atoms with Crippen molar-refractivity contribution >= 4 is 28.5 Å². The summed E-state index contributed by atoms with van der Waals surface area (Å²) in [6.45, 7) is 3.55. The molecule has 2 heterocycles. The molecule has 1 aromatic heterocycles. The molecule has 3 rings (SSSR count). The highest BCUT2D eigenvalue weighted by Crippen LogP contribution is 2.35. The van der Waals surface area contributed by atoms with Gasteiger partial charge in [-0.1, -0.05) is 29.8 Å². The minimum Gasteiger partial charge on any atom is -0.394 e. The predicted octanol–water partition coefficient (Wildman–Crippen LogP) is 2.33. The highest BCUT2D eigenvalue weighted by Gasteiger charge is 2.44. The Hall–Kier alpha value is -1.32. The molecule has 8 heteroatoms. The summed E-state index contributed by atoms with van der Waals surface area (Å²) in [6.07, 6.45) is -1.57. The Balaban J connectivity index is 1.86. The van der Waals surface area contributed by atoms with E-state index in [0.29, 0.717) is 17.0 Å². The Labute approximate surface area is 172 Å². The second kappa shape index (κ2) is 9.00. The van der Waals surface area contributed by atoms with Crippen molar-refractivity contribution in [3.63, 3.8) is 0 Å². The molecule has 2 aromatic rings. The number of ether oxygens (including phenoxy) is 1. The molecule has 28 heavy (non-hydrogen) atoms. The molecule has 1 aromatic carbocycles. The van der Waals surface area contributed by atoms with Gasteiger partial charge in [0.1, 0.15) is 30.5 Å². The quantitative estimate of drug-likeness (QED) is 0.586. The first-order chi connectivity index (χ1) is 13.3. The van der Waals surface area contributed by atoms with Crippen molar-refractivity contribution in [3.05, 3.63) is 56.5 Å². The zero-order chi connectivity index (χ0) is 20.4. The van der Waals surface area contributed by atoms with Crippen LogP contribution >= 0.6 is 22.9 Å². The predicted molar refractivity (Wildman–Crippen MR) is 108 cm³/mol. The van der Waals surface area contributed by atoms with E-state index in [1.807, 2.05) is 26.1 Å². The van der Waals surface area contributed by atoms with Gasteiger partial charge in [-0.2, -0.15) is 0 Å². The average Bonchev–Trinajstić information content (AvgIpc) is 3.16. The van der Waals surface area contributed by atoms with Crippen LogP contribution in [0.4, 0.5) is 0 Å². The van der Waals surface area contributed by atoms with E-state index in [0.717, 1.165) is 21.0 Å². The van der Waals surface area contributed by atoms with Gasteiger partial charge in [0.15, 0.2) is 0 Å². The summed E-state index contributed by atoms with van der Waals surface area (Å²) in [5.41, 5.74) is 2.58. The van der Waals surface area contributed by atoms with Gasteiger partial charge in [0.25, 0.3) is 0 Å². The first-order valence-corrected chi connectivity index (χ1v) is 10.2. The third-order valence-electron chi connectivity index (χ3n) is 5.01. The molecule has 6 nitrogen and oxygen atoms in total. The number of aliphatic hydroxyl groups is 4. The maximum atomic E-state index is 10.3. The molecule has 1 aliphatic heterocycles. The van der Waals surface area contributed by atoms with E-state index in [4.69, 9.17) is 16.3 Å². The Kier molecular flexibility index (Phi) is 6.88. The number of aliphatic hydroxyl groups excluding tert-OH is 4. The van der Waals surface area contributed by atoms with Gasteiger partial charge in [-0.25, -0.2) is 4.98 Å². The second-order valence-corrected chi connectivity index (χ2v) is 8.39. The molecule has 4 N–H and O–H groups in total. The first kappa shape index (κ1) is 21.4. The van der Waals surface area contributed by atoms with E-state index in [-0.39, 0.29) is 0 Å². The molecule has 1 fully saturated rings. The number of halogens is 1. The average molecular weight is 426 g/mol. The summed E-state index contributed by atoms with van der Waals surface area (Å²) in [5, 5.41) is 41.2. The molecule has 152 valence electrons. The highest BCUT2D eigenvalue weighted by molar-refractivity contribution is 7.12. The van der Waals surface area contributed by atoms with E-state index in [1.54, 1.807) is 29.5 Å². The Bertz CT molecular complexity index is 853. The van der Waals surface area contributed by atoms with E-state index in [2.05, 4.69) is 4.98 Å². The van der Waals surface area contributed by atoms with Crippen LogP contribution in [0.1, 0.15) is 41.0 Å². The molecule has 1 saturated heterocycles. The zero-order valence-corrected chi connectivity index (χ0v) is 17.2. The summed E-state index contributed by atoms with van der Waals surface area (Å²) < 4.78 is 5.64. The van der Waals surface area contributed by atoms with E-state index in [9.17, 15) is 20.4 Å². The number of hydrogen-bond donors (Lipinski definition) is 4. The summed E-state index contributed by atoms with van der Waals surface area (Å²) >= 11 is 7.95. The van der Waals surface area contributed by atoms with Gasteiger partial charge in [0.05, 0.1) is 11.6 Å². The topological polar surface area (TPSA) is 103 Å². The van der Waals surface area contributed by atoms with Crippen LogP contribution in [0.15, 0.2) is 30.5 Å². The third-order valence-corrected chi connectivity index (χ3v) is 6.51. The van der Waals surface area contributed by atoms with E-state index < -0.39 is 37.1 Å². The second-order valence-electron chi connectivity index (χ2n) is 6.87. The molecule has 0 bridgehead atoms. The largest absolute Gasteiger partial charge is 0.394 e. The third kappa shape index (κ3) is 4.31. The number of hydrogen-bond acceptors (Lipinski definition) is 7. The number of thiazole rings is 1. The smallest absolute Gasteiger partial charge is 0.113 e. The fourth-order valence-corrected chi connectivity index (χ4v) is 4.32. The van der Waals surface area contributed by atoms with Gasteiger partial charge in [-0.3, -0.25) is 0 Å². The lowest BCUT2D eigenvalue weighted by atomic mass is 9.90. The molecule has 5 atom stereocenters. The van der Waals surface area contributed by atoms with Crippen LogP contribution in [0.5, 0.6) is 0 Å². The molecule has 0 unspecified atom stereocenters. The zero-order valence-electron chi connectivity index (χ0n) is 15.6.